The number of amides is 1. The van der Waals surface area contributed by atoms with Gasteiger partial charge in [0, 0.05) is 15.6 Å². The third-order valence-electron chi connectivity index (χ3n) is 3.62. The third kappa shape index (κ3) is 3.46. The molecule has 0 spiro atoms. The Kier molecular flexibility index (Phi) is 4.91. The van der Waals surface area contributed by atoms with Gasteiger partial charge in [0.05, 0.1) is 13.3 Å². The molecule has 0 heterocycles. The molecule has 0 unspecified atom stereocenters. The number of rotatable bonds is 4. The van der Waals surface area contributed by atoms with Crippen LogP contribution in [-0.4, -0.2) is 19.2 Å². The number of carbonyl (C=O) groups is 1. The van der Waals surface area contributed by atoms with Crippen LogP contribution in [0.5, 0.6) is 5.75 Å². The fourth-order valence-electron chi connectivity index (χ4n) is 2.41. The Morgan fingerprint density at radius 2 is 1.83 bits per heavy atom. The Labute approximate surface area is 148 Å². The summed E-state index contributed by atoms with van der Waals surface area (Å²) in [6.45, 7) is 0. The second kappa shape index (κ2) is 7.27. The van der Waals surface area contributed by atoms with Gasteiger partial charge in [-0.25, -0.2) is 5.43 Å². The fraction of sp³-hybridized carbons (Fsp3) is 0.0526. The predicted molar refractivity (Wildman–Crippen MR) is 99.7 cm³/mol. The number of ether oxygens (including phenoxy) is 1. The van der Waals surface area contributed by atoms with Crippen LogP contribution < -0.4 is 10.2 Å². The molecule has 0 fully saturated rings. The van der Waals surface area contributed by atoms with Crippen LogP contribution in [-0.2, 0) is 0 Å². The Balaban J connectivity index is 1.85. The summed E-state index contributed by atoms with van der Waals surface area (Å²) in [5.41, 5.74) is 3.91. The molecule has 3 aromatic carbocycles. The van der Waals surface area contributed by atoms with Crippen molar-refractivity contribution in [1.82, 2.24) is 5.43 Å². The molecule has 0 aliphatic carbocycles. The Morgan fingerprint density at radius 1 is 1.08 bits per heavy atom. The maximum atomic E-state index is 12.1. The van der Waals surface area contributed by atoms with Gasteiger partial charge in [-0.15, -0.1) is 0 Å². The molecule has 5 heteroatoms. The Bertz CT molecular complexity index is 905. The number of nitrogens with zero attached hydrogens (tertiary/aromatic N) is 1. The standard InChI is InChI=1S/C19H15BrN2O2/c1-24-18-11-8-13-4-2-3-5-16(13)17(18)12-21-22-19(23)14-6-9-15(20)10-7-14/h2-12H,1H3,(H,22,23)/b21-12-. The summed E-state index contributed by atoms with van der Waals surface area (Å²) in [5.74, 6) is 0.438. The van der Waals surface area contributed by atoms with E-state index in [4.69, 9.17) is 4.74 Å². The molecule has 0 aliphatic rings. The number of nitrogens with one attached hydrogen (secondary N) is 1. The van der Waals surface area contributed by atoms with E-state index in [9.17, 15) is 4.79 Å². The molecule has 0 aromatic heterocycles. The number of halogens is 1. The number of hydrazone groups is 1. The topological polar surface area (TPSA) is 50.7 Å². The van der Waals surface area contributed by atoms with Gasteiger partial charge >= 0.3 is 0 Å². The van der Waals surface area contributed by atoms with Gasteiger partial charge in [0.15, 0.2) is 0 Å². The smallest absolute Gasteiger partial charge is 0.271 e. The SMILES string of the molecule is COc1ccc2ccccc2c1/C=N\NC(=O)c1ccc(Br)cc1. The van der Waals surface area contributed by atoms with Gasteiger partial charge in [-0.05, 0) is 41.1 Å². The minimum atomic E-state index is -0.266. The van der Waals surface area contributed by atoms with E-state index in [1.54, 1.807) is 25.5 Å². The largest absolute Gasteiger partial charge is 0.496 e. The molecule has 0 saturated carbocycles. The van der Waals surface area contributed by atoms with E-state index < -0.39 is 0 Å². The zero-order valence-electron chi connectivity index (χ0n) is 13.0. The monoisotopic (exact) mass is 382 g/mol. The van der Waals surface area contributed by atoms with E-state index in [1.165, 1.54) is 0 Å². The van der Waals surface area contributed by atoms with Crippen molar-refractivity contribution < 1.29 is 9.53 Å². The zero-order valence-corrected chi connectivity index (χ0v) is 14.6. The summed E-state index contributed by atoms with van der Waals surface area (Å²) in [4.78, 5) is 12.1. The van der Waals surface area contributed by atoms with Crippen molar-refractivity contribution >= 4 is 38.8 Å². The van der Waals surface area contributed by atoms with Crippen molar-refractivity contribution in [2.24, 2.45) is 5.10 Å². The first-order valence-corrected chi connectivity index (χ1v) is 8.13. The molecular weight excluding hydrogens is 368 g/mol. The van der Waals surface area contributed by atoms with E-state index >= 15 is 0 Å². The molecule has 3 aromatic rings. The summed E-state index contributed by atoms with van der Waals surface area (Å²) in [7, 11) is 1.61. The van der Waals surface area contributed by atoms with E-state index in [-0.39, 0.29) is 5.91 Å². The lowest BCUT2D eigenvalue weighted by molar-refractivity contribution is 0.0955. The molecular formula is C19H15BrN2O2. The molecule has 1 amide bonds. The molecule has 0 saturated heterocycles. The highest BCUT2D eigenvalue weighted by molar-refractivity contribution is 9.10. The summed E-state index contributed by atoms with van der Waals surface area (Å²) < 4.78 is 6.32. The predicted octanol–water partition coefficient (Wildman–Crippen LogP) is 4.37. The van der Waals surface area contributed by atoms with E-state index in [2.05, 4.69) is 26.5 Å². The summed E-state index contributed by atoms with van der Waals surface area (Å²) in [6, 6.07) is 18.9. The van der Waals surface area contributed by atoms with Gasteiger partial charge < -0.3 is 4.74 Å². The van der Waals surface area contributed by atoms with Crippen LogP contribution >= 0.6 is 15.9 Å². The summed E-state index contributed by atoms with van der Waals surface area (Å²) in [6.07, 6.45) is 1.61. The van der Waals surface area contributed by atoms with Crippen LogP contribution in [0.4, 0.5) is 0 Å². The average Bonchev–Trinajstić information content (AvgIpc) is 2.62. The number of methoxy groups -OCH3 is 1. The van der Waals surface area contributed by atoms with Crippen molar-refractivity contribution in [3.05, 3.63) is 76.3 Å². The lowest BCUT2D eigenvalue weighted by Crippen LogP contribution is -2.17. The van der Waals surface area contributed by atoms with Crippen molar-refractivity contribution in [3.8, 4) is 5.75 Å². The maximum Gasteiger partial charge on any atom is 0.271 e. The number of hydrogen-bond donors (Lipinski definition) is 1. The summed E-state index contributed by atoms with van der Waals surface area (Å²) in [5, 5.41) is 6.18. The van der Waals surface area contributed by atoms with Gasteiger partial charge in [0.1, 0.15) is 5.75 Å². The first-order valence-electron chi connectivity index (χ1n) is 7.34. The zero-order chi connectivity index (χ0) is 16.9. The van der Waals surface area contributed by atoms with Gasteiger partial charge in [-0.3, -0.25) is 4.79 Å². The quantitative estimate of drug-likeness (QED) is 0.537. The highest BCUT2D eigenvalue weighted by atomic mass is 79.9. The lowest BCUT2D eigenvalue weighted by atomic mass is 10.0. The Morgan fingerprint density at radius 3 is 2.58 bits per heavy atom. The molecule has 1 N–H and O–H groups in total. The molecule has 24 heavy (non-hydrogen) atoms. The fourth-order valence-corrected chi connectivity index (χ4v) is 2.67. The molecule has 0 atom stereocenters. The van der Waals surface area contributed by atoms with Gasteiger partial charge in [0.25, 0.3) is 5.91 Å². The van der Waals surface area contributed by atoms with E-state index in [1.807, 2.05) is 48.5 Å². The maximum absolute atomic E-state index is 12.1. The Hall–Kier alpha value is -2.66. The van der Waals surface area contributed by atoms with Crippen LogP contribution in [0.3, 0.4) is 0 Å². The average molecular weight is 383 g/mol. The normalized spacial score (nSPS) is 10.9. The molecule has 3 rings (SSSR count). The number of carbonyl (C=O) groups excluding carboxylic acids is 1. The molecule has 4 nitrogen and oxygen atoms in total. The minimum Gasteiger partial charge on any atom is -0.496 e. The van der Waals surface area contributed by atoms with E-state index in [0.717, 1.165) is 20.8 Å². The van der Waals surface area contributed by atoms with Crippen molar-refractivity contribution in [2.45, 2.75) is 0 Å². The van der Waals surface area contributed by atoms with Gasteiger partial charge in [-0.2, -0.15) is 5.10 Å². The van der Waals surface area contributed by atoms with Crippen LogP contribution in [0, 0.1) is 0 Å². The molecule has 0 aliphatic heterocycles. The van der Waals surface area contributed by atoms with Crippen LogP contribution in [0.2, 0.25) is 0 Å². The van der Waals surface area contributed by atoms with Crippen LogP contribution in [0.25, 0.3) is 10.8 Å². The highest BCUT2D eigenvalue weighted by Crippen LogP contribution is 2.26. The third-order valence-corrected chi connectivity index (χ3v) is 4.15. The minimum absolute atomic E-state index is 0.266. The van der Waals surface area contributed by atoms with Crippen molar-refractivity contribution in [2.75, 3.05) is 7.11 Å². The second-order valence-corrected chi connectivity index (χ2v) is 6.02. The van der Waals surface area contributed by atoms with Crippen molar-refractivity contribution in [1.29, 1.82) is 0 Å². The first-order chi connectivity index (χ1) is 11.7. The number of hydrogen-bond acceptors (Lipinski definition) is 3. The van der Waals surface area contributed by atoms with Crippen molar-refractivity contribution in [3.63, 3.8) is 0 Å². The molecule has 0 bridgehead atoms. The number of fused-ring (bicyclic) bond motifs is 1. The van der Waals surface area contributed by atoms with Crippen LogP contribution in [0.1, 0.15) is 15.9 Å². The van der Waals surface area contributed by atoms with Crippen LogP contribution in [0.15, 0.2) is 70.2 Å². The first kappa shape index (κ1) is 16.2. The number of benzene rings is 3. The van der Waals surface area contributed by atoms with Gasteiger partial charge in [0.2, 0.25) is 0 Å². The molecule has 120 valence electrons. The lowest BCUT2D eigenvalue weighted by Gasteiger charge is -2.08. The van der Waals surface area contributed by atoms with Gasteiger partial charge in [-0.1, -0.05) is 46.3 Å². The molecule has 0 radical (unpaired) electrons. The highest BCUT2D eigenvalue weighted by Gasteiger charge is 2.07. The van der Waals surface area contributed by atoms with E-state index in [0.29, 0.717) is 11.3 Å². The second-order valence-electron chi connectivity index (χ2n) is 5.11. The summed E-state index contributed by atoms with van der Waals surface area (Å²) >= 11 is 3.34.